The summed E-state index contributed by atoms with van der Waals surface area (Å²) >= 11 is 8.31. The van der Waals surface area contributed by atoms with Crippen molar-refractivity contribution in [2.24, 2.45) is 5.92 Å². The third-order valence-corrected chi connectivity index (χ3v) is 4.28. The fourth-order valence-corrected chi connectivity index (χ4v) is 2.90. The zero-order valence-electron chi connectivity index (χ0n) is 9.50. The molecule has 1 saturated carbocycles. The van der Waals surface area contributed by atoms with Crippen LogP contribution in [-0.4, -0.2) is 9.55 Å². The van der Waals surface area contributed by atoms with Crippen LogP contribution in [-0.2, 0) is 12.4 Å². The molecule has 0 spiro atoms. The van der Waals surface area contributed by atoms with Crippen LogP contribution in [0.2, 0.25) is 0 Å². The van der Waals surface area contributed by atoms with Gasteiger partial charge in [0.25, 0.3) is 0 Å². The number of imidazole rings is 1. The summed E-state index contributed by atoms with van der Waals surface area (Å²) in [5.41, 5.74) is 2.30. The second-order valence-corrected chi connectivity index (χ2v) is 6.19. The van der Waals surface area contributed by atoms with E-state index < -0.39 is 0 Å². The highest BCUT2D eigenvalue weighted by atomic mass is 127. The Morgan fingerprint density at radius 3 is 2.94 bits per heavy atom. The number of nitrogens with zero attached hydrogens (tertiary/aromatic N) is 2. The highest BCUT2D eigenvalue weighted by molar-refractivity contribution is 14.1. The molecule has 1 aliphatic carbocycles. The summed E-state index contributed by atoms with van der Waals surface area (Å²) < 4.78 is 3.51. The molecule has 4 heteroatoms. The second kappa shape index (κ2) is 4.76. The van der Waals surface area contributed by atoms with E-state index in [0.717, 1.165) is 23.8 Å². The van der Waals surface area contributed by atoms with E-state index in [4.69, 9.17) is 11.6 Å². The minimum atomic E-state index is 0.496. The third kappa shape index (κ3) is 2.45. The zero-order valence-corrected chi connectivity index (χ0v) is 12.4. The summed E-state index contributed by atoms with van der Waals surface area (Å²) in [5, 5.41) is 0. The van der Waals surface area contributed by atoms with Crippen LogP contribution in [0.3, 0.4) is 0 Å². The van der Waals surface area contributed by atoms with Crippen molar-refractivity contribution in [3.63, 3.8) is 0 Å². The summed E-state index contributed by atoms with van der Waals surface area (Å²) in [6.07, 6.45) is 4.07. The third-order valence-electron chi connectivity index (χ3n) is 3.37. The van der Waals surface area contributed by atoms with E-state index in [1.54, 1.807) is 0 Å². The number of hydrogen-bond acceptors (Lipinski definition) is 1. The molecule has 2 aromatic rings. The molecule has 0 saturated heterocycles. The van der Waals surface area contributed by atoms with Gasteiger partial charge in [-0.15, -0.1) is 11.6 Å². The minimum Gasteiger partial charge on any atom is -0.327 e. The number of alkyl halides is 1. The van der Waals surface area contributed by atoms with Crippen molar-refractivity contribution in [1.29, 1.82) is 0 Å². The number of halogens is 2. The van der Waals surface area contributed by atoms with Gasteiger partial charge >= 0.3 is 0 Å². The van der Waals surface area contributed by atoms with Crippen molar-refractivity contribution in [3.05, 3.63) is 27.6 Å². The number of benzene rings is 1. The van der Waals surface area contributed by atoms with Gasteiger partial charge in [-0.3, -0.25) is 0 Å². The first-order chi connectivity index (χ1) is 8.28. The summed E-state index contributed by atoms with van der Waals surface area (Å²) in [6.45, 7) is 1.06. The number of aryl methyl sites for hydroxylation is 1. The molecule has 90 valence electrons. The summed E-state index contributed by atoms with van der Waals surface area (Å²) in [6, 6.07) is 6.42. The van der Waals surface area contributed by atoms with Crippen LogP contribution >= 0.6 is 34.2 Å². The first kappa shape index (κ1) is 11.8. The van der Waals surface area contributed by atoms with E-state index in [1.165, 1.54) is 28.3 Å². The second-order valence-electron chi connectivity index (χ2n) is 4.68. The Morgan fingerprint density at radius 1 is 1.41 bits per heavy atom. The van der Waals surface area contributed by atoms with Gasteiger partial charge in [-0.2, -0.15) is 0 Å². The lowest BCUT2D eigenvalue weighted by Crippen LogP contribution is -2.03. The van der Waals surface area contributed by atoms with Crippen LogP contribution in [0.5, 0.6) is 0 Å². The van der Waals surface area contributed by atoms with E-state index in [1.807, 2.05) is 0 Å². The van der Waals surface area contributed by atoms with Gasteiger partial charge in [0, 0.05) is 10.1 Å². The molecule has 0 aliphatic heterocycles. The van der Waals surface area contributed by atoms with Crippen molar-refractivity contribution in [2.75, 3.05) is 0 Å². The number of hydrogen-bond donors (Lipinski definition) is 0. The lowest BCUT2D eigenvalue weighted by atomic mass is 10.2. The molecule has 0 amide bonds. The summed E-state index contributed by atoms with van der Waals surface area (Å²) in [5.74, 6) is 2.44. The highest BCUT2D eigenvalue weighted by Crippen LogP contribution is 2.33. The van der Waals surface area contributed by atoms with Crippen molar-refractivity contribution < 1.29 is 0 Å². The fourth-order valence-electron chi connectivity index (χ4n) is 2.22. The van der Waals surface area contributed by atoms with Crippen LogP contribution in [0.4, 0.5) is 0 Å². The van der Waals surface area contributed by atoms with Gasteiger partial charge < -0.3 is 4.57 Å². The standard InChI is InChI=1S/C13H14ClIN2/c14-8-13-16-11-7-10(15)3-4-12(11)17(13)6-5-9-1-2-9/h3-4,7,9H,1-2,5-6,8H2. The molecule has 2 nitrogen and oxygen atoms in total. The zero-order chi connectivity index (χ0) is 11.8. The van der Waals surface area contributed by atoms with Crippen molar-refractivity contribution >= 4 is 45.2 Å². The van der Waals surface area contributed by atoms with Crippen molar-refractivity contribution in [3.8, 4) is 0 Å². The normalized spacial score (nSPS) is 15.6. The smallest absolute Gasteiger partial charge is 0.124 e. The maximum absolute atomic E-state index is 5.99. The van der Waals surface area contributed by atoms with E-state index in [9.17, 15) is 0 Å². The van der Waals surface area contributed by atoms with E-state index in [2.05, 4.69) is 50.3 Å². The average Bonchev–Trinajstić information content (AvgIpc) is 3.08. The molecule has 0 unspecified atom stereocenters. The Kier molecular flexibility index (Phi) is 3.30. The fraction of sp³-hybridized carbons (Fsp3) is 0.462. The molecular formula is C13H14ClIN2. The predicted octanol–water partition coefficient (Wildman–Crippen LogP) is 4.18. The van der Waals surface area contributed by atoms with Gasteiger partial charge in [0.15, 0.2) is 0 Å². The SMILES string of the molecule is ClCc1nc2cc(I)ccc2n1CCC1CC1. The Hall–Kier alpha value is -0.290. The molecular weight excluding hydrogens is 347 g/mol. The van der Waals surface area contributed by atoms with E-state index in [-0.39, 0.29) is 0 Å². The maximum Gasteiger partial charge on any atom is 0.124 e. The quantitative estimate of drug-likeness (QED) is 0.591. The summed E-state index contributed by atoms with van der Waals surface area (Å²) in [4.78, 5) is 4.62. The molecule has 1 heterocycles. The molecule has 1 aromatic carbocycles. The molecule has 3 rings (SSSR count). The first-order valence-corrected chi connectivity index (χ1v) is 7.60. The van der Waals surface area contributed by atoms with Crippen molar-refractivity contribution in [2.45, 2.75) is 31.7 Å². The number of rotatable bonds is 4. The molecule has 0 N–H and O–H groups in total. The van der Waals surface area contributed by atoms with Gasteiger partial charge in [-0.1, -0.05) is 12.8 Å². The molecule has 17 heavy (non-hydrogen) atoms. The van der Waals surface area contributed by atoms with Gasteiger partial charge in [-0.25, -0.2) is 4.98 Å². The lowest BCUT2D eigenvalue weighted by molar-refractivity contribution is 0.594. The lowest BCUT2D eigenvalue weighted by Gasteiger charge is -2.06. The Morgan fingerprint density at radius 2 is 2.24 bits per heavy atom. The van der Waals surface area contributed by atoms with E-state index in [0.29, 0.717) is 5.88 Å². The van der Waals surface area contributed by atoms with Crippen LogP contribution in [0.15, 0.2) is 18.2 Å². The largest absolute Gasteiger partial charge is 0.327 e. The van der Waals surface area contributed by atoms with Gasteiger partial charge in [0.1, 0.15) is 5.82 Å². The Balaban J connectivity index is 1.99. The number of fused-ring (bicyclic) bond motifs is 1. The monoisotopic (exact) mass is 360 g/mol. The van der Waals surface area contributed by atoms with Crippen LogP contribution < -0.4 is 0 Å². The van der Waals surface area contributed by atoms with Gasteiger partial charge in [0.05, 0.1) is 16.9 Å². The Bertz CT molecular complexity index is 546. The van der Waals surface area contributed by atoms with E-state index >= 15 is 0 Å². The molecule has 0 bridgehead atoms. The molecule has 0 atom stereocenters. The maximum atomic E-state index is 5.99. The molecule has 0 radical (unpaired) electrons. The van der Waals surface area contributed by atoms with Crippen LogP contribution in [0, 0.1) is 9.49 Å². The van der Waals surface area contributed by atoms with Crippen molar-refractivity contribution in [1.82, 2.24) is 9.55 Å². The topological polar surface area (TPSA) is 17.8 Å². The van der Waals surface area contributed by atoms with Gasteiger partial charge in [-0.05, 0) is 53.1 Å². The minimum absolute atomic E-state index is 0.496. The highest BCUT2D eigenvalue weighted by Gasteiger charge is 2.21. The first-order valence-electron chi connectivity index (χ1n) is 5.98. The van der Waals surface area contributed by atoms with Gasteiger partial charge in [0.2, 0.25) is 0 Å². The Labute approximate surface area is 120 Å². The average molecular weight is 361 g/mol. The predicted molar refractivity (Wildman–Crippen MR) is 79.3 cm³/mol. The summed E-state index contributed by atoms with van der Waals surface area (Å²) in [7, 11) is 0. The molecule has 1 aliphatic rings. The molecule has 1 aromatic heterocycles. The van der Waals surface area contributed by atoms with Crippen LogP contribution in [0.1, 0.15) is 25.1 Å². The number of aromatic nitrogens is 2. The molecule has 1 fully saturated rings. The van der Waals surface area contributed by atoms with Crippen LogP contribution in [0.25, 0.3) is 11.0 Å².